The third kappa shape index (κ3) is 12.2. The van der Waals surface area contributed by atoms with Crippen LogP contribution in [-0.2, 0) is 33.8 Å². The van der Waals surface area contributed by atoms with Crippen molar-refractivity contribution in [2.24, 2.45) is 11.8 Å². The lowest BCUT2D eigenvalue weighted by Crippen LogP contribution is -2.50. The number of aliphatic hydroxyl groups is 1. The highest BCUT2D eigenvalue weighted by Gasteiger charge is 2.34. The van der Waals surface area contributed by atoms with Crippen molar-refractivity contribution in [3.63, 3.8) is 0 Å². The number of hydrogen-bond donors (Lipinski definition) is 4. The van der Waals surface area contributed by atoms with Crippen molar-refractivity contribution in [1.29, 1.82) is 0 Å². The zero-order valence-corrected chi connectivity index (χ0v) is 34.6. The minimum atomic E-state index is -1.20. The summed E-state index contributed by atoms with van der Waals surface area (Å²) >= 11 is 0. The maximum Gasteiger partial charge on any atom is 0.242 e. The van der Waals surface area contributed by atoms with Crippen LogP contribution in [0.1, 0.15) is 114 Å². The summed E-state index contributed by atoms with van der Waals surface area (Å²) in [5, 5.41) is 30.2. The molecule has 59 heavy (non-hydrogen) atoms. The zero-order chi connectivity index (χ0) is 41.6. The highest BCUT2D eigenvalue weighted by Crippen LogP contribution is 2.30. The summed E-state index contributed by atoms with van der Waals surface area (Å²) in [4.78, 5) is 55.2. The van der Waals surface area contributed by atoms with Gasteiger partial charge >= 0.3 is 0 Å². The monoisotopic (exact) mass is 801 g/mol. The summed E-state index contributed by atoms with van der Waals surface area (Å²) in [7, 11) is 0. The molecule has 0 spiro atoms. The number of carbonyl (C=O) groups excluding carboxylic acids is 3. The van der Waals surface area contributed by atoms with Crippen LogP contribution in [0, 0.1) is 11.8 Å². The van der Waals surface area contributed by atoms with Gasteiger partial charge in [0.2, 0.25) is 17.7 Å². The Bertz CT molecular complexity index is 2090. The maximum atomic E-state index is 14.8. The molecule has 0 unspecified atom stereocenters. The summed E-state index contributed by atoms with van der Waals surface area (Å²) < 4.78 is 1.89. The average Bonchev–Trinajstić information content (AvgIpc) is 3.68. The lowest BCUT2D eigenvalue weighted by Gasteiger charge is -2.31. The van der Waals surface area contributed by atoms with Crippen LogP contribution in [0.3, 0.4) is 0 Å². The van der Waals surface area contributed by atoms with Crippen LogP contribution in [-0.4, -0.2) is 70.6 Å². The lowest BCUT2D eigenvalue weighted by atomic mass is 9.83. The van der Waals surface area contributed by atoms with Crippen molar-refractivity contribution in [2.75, 3.05) is 0 Å². The fourth-order valence-corrected chi connectivity index (χ4v) is 7.99. The van der Waals surface area contributed by atoms with Crippen molar-refractivity contribution < 1.29 is 19.5 Å². The second kappa shape index (κ2) is 21.4. The van der Waals surface area contributed by atoms with E-state index in [9.17, 15) is 19.5 Å². The van der Waals surface area contributed by atoms with Gasteiger partial charge in [0.25, 0.3) is 0 Å². The second-order valence-corrected chi connectivity index (χ2v) is 16.4. The van der Waals surface area contributed by atoms with Crippen LogP contribution in [0.15, 0.2) is 85.6 Å². The molecule has 4 heterocycles. The highest BCUT2D eigenvalue weighted by molar-refractivity contribution is 5.88. The zero-order valence-electron chi connectivity index (χ0n) is 34.6. The average molecular weight is 802 g/mol. The number of carbonyl (C=O) groups is 3. The molecule has 0 aliphatic heterocycles. The van der Waals surface area contributed by atoms with Crippen LogP contribution >= 0.6 is 0 Å². The molecule has 312 valence electrons. The molecular weight excluding hydrogens is 743 g/mol. The largest absolute Gasteiger partial charge is 0.390 e. The molecular formula is C46H59N9O4. The van der Waals surface area contributed by atoms with Crippen LogP contribution in [0.4, 0.5) is 0 Å². The van der Waals surface area contributed by atoms with Crippen molar-refractivity contribution in [3.8, 4) is 11.3 Å². The molecule has 5 aromatic rings. The van der Waals surface area contributed by atoms with E-state index in [0.29, 0.717) is 36.7 Å². The number of nitrogens with one attached hydrogen (secondary N) is 3. The van der Waals surface area contributed by atoms with Gasteiger partial charge in [-0.1, -0.05) is 108 Å². The number of hydrogen-bond acceptors (Lipinski definition) is 9. The minimum Gasteiger partial charge on any atom is -0.390 e. The highest BCUT2D eigenvalue weighted by atomic mass is 16.3. The molecule has 13 nitrogen and oxygen atoms in total. The van der Waals surface area contributed by atoms with Crippen LogP contribution < -0.4 is 16.0 Å². The molecule has 1 aliphatic rings. The third-order valence-corrected chi connectivity index (χ3v) is 11.1. The smallest absolute Gasteiger partial charge is 0.242 e. The van der Waals surface area contributed by atoms with Gasteiger partial charge in [-0.15, -0.1) is 10.2 Å². The van der Waals surface area contributed by atoms with Crippen molar-refractivity contribution >= 4 is 23.4 Å². The Morgan fingerprint density at radius 3 is 2.27 bits per heavy atom. The number of benzene rings is 1. The predicted molar refractivity (Wildman–Crippen MR) is 227 cm³/mol. The second-order valence-electron chi connectivity index (χ2n) is 16.4. The van der Waals surface area contributed by atoms with Gasteiger partial charge in [-0.2, -0.15) is 0 Å². The molecule has 4 aromatic heterocycles. The van der Waals surface area contributed by atoms with Gasteiger partial charge < -0.3 is 21.1 Å². The first-order chi connectivity index (χ1) is 28.7. The Balaban J connectivity index is 1.27. The molecule has 4 atom stereocenters. The van der Waals surface area contributed by atoms with Gasteiger partial charge in [0.1, 0.15) is 17.8 Å². The first-order valence-electron chi connectivity index (χ1n) is 21.3. The van der Waals surface area contributed by atoms with Crippen LogP contribution in [0.25, 0.3) is 16.9 Å². The Hall–Kier alpha value is -5.56. The maximum absolute atomic E-state index is 14.8. The van der Waals surface area contributed by atoms with Gasteiger partial charge in [0, 0.05) is 43.1 Å². The van der Waals surface area contributed by atoms with E-state index in [1.54, 1.807) is 30.9 Å². The molecule has 0 radical (unpaired) electrons. The van der Waals surface area contributed by atoms with Crippen LogP contribution in [0.2, 0.25) is 0 Å². The quantitative estimate of drug-likeness (QED) is 0.0704. The molecule has 3 amide bonds. The molecule has 1 aromatic carbocycles. The minimum absolute atomic E-state index is 0.276. The lowest BCUT2D eigenvalue weighted by molar-refractivity contribution is -0.131. The Morgan fingerprint density at radius 1 is 0.864 bits per heavy atom. The van der Waals surface area contributed by atoms with Crippen molar-refractivity contribution in [2.45, 2.75) is 128 Å². The topological polar surface area (TPSA) is 176 Å². The molecule has 1 saturated carbocycles. The summed E-state index contributed by atoms with van der Waals surface area (Å²) in [5.74, 6) is -0.859. The van der Waals surface area contributed by atoms with Crippen molar-refractivity contribution in [3.05, 3.63) is 108 Å². The number of aromatic nitrogens is 6. The van der Waals surface area contributed by atoms with Gasteiger partial charge in [-0.25, -0.2) is 4.98 Å². The molecule has 1 fully saturated rings. The normalized spacial score (nSPS) is 15.3. The van der Waals surface area contributed by atoms with Gasteiger partial charge in [0.05, 0.1) is 30.0 Å². The molecule has 4 N–H and O–H groups in total. The Kier molecular flexibility index (Phi) is 15.6. The van der Waals surface area contributed by atoms with E-state index in [4.69, 9.17) is 4.98 Å². The summed E-state index contributed by atoms with van der Waals surface area (Å²) in [5.41, 5.74) is 4.76. The SMILES string of the molecule is CCCC[C@H](NC(=O)C[C@H](O)[C@H](CC1CCCCC1)NC(=O)[C@@H](Cc1cccnc1)c1nnc2c(CC(C)C)nc(-c3ccccc3)cn12)C(=O)NCc1cccnc1. The fourth-order valence-electron chi connectivity index (χ4n) is 7.99. The predicted octanol–water partition coefficient (Wildman–Crippen LogP) is 6.30. The summed E-state index contributed by atoms with van der Waals surface area (Å²) in [6, 6.07) is 15.9. The van der Waals surface area contributed by atoms with Gasteiger partial charge in [-0.05, 0) is 60.8 Å². The van der Waals surface area contributed by atoms with Gasteiger partial charge in [0.15, 0.2) is 5.65 Å². The number of rotatable bonds is 20. The molecule has 6 rings (SSSR count). The van der Waals surface area contributed by atoms with E-state index in [-0.39, 0.29) is 37.1 Å². The Labute approximate surface area is 347 Å². The van der Waals surface area contributed by atoms with Crippen molar-refractivity contribution in [1.82, 2.24) is 45.5 Å². The fraction of sp³-hybridized carbons (Fsp3) is 0.478. The molecule has 13 heteroatoms. The van der Waals surface area contributed by atoms with E-state index in [1.807, 2.05) is 66.1 Å². The summed E-state index contributed by atoms with van der Waals surface area (Å²) in [6.45, 7) is 6.58. The number of amides is 3. The number of nitrogens with zero attached hydrogens (tertiary/aromatic N) is 6. The number of aliphatic hydroxyl groups excluding tert-OH is 1. The number of fused-ring (bicyclic) bond motifs is 1. The number of unbranched alkanes of at least 4 members (excludes halogenated alkanes) is 1. The standard InChI is InChI=1S/C46H59N9O4/c1-4-5-20-37(46(59)49-29-34-17-13-22-48-28-34)51-42(57)26-41(56)38(25-32-14-8-6-9-15-32)52-45(58)36(24-33-16-12-21-47-27-33)43-53-54-44-39(23-31(2)3)50-40(30-55(43)44)35-18-10-7-11-19-35/h7,10-13,16-19,21-22,27-28,30-32,36-38,41,56H,4-6,8-9,14-15,20,23-26,29H2,1-3H3,(H,49,59)(H,51,57)(H,52,58)/t36-,37-,38-,41-/m0/s1. The molecule has 1 aliphatic carbocycles. The van der Waals surface area contributed by atoms with Gasteiger partial charge in [-0.3, -0.25) is 28.8 Å². The molecule has 0 saturated heterocycles. The third-order valence-electron chi connectivity index (χ3n) is 11.1. The van der Waals surface area contributed by atoms with E-state index in [0.717, 1.165) is 73.0 Å². The van der Waals surface area contributed by atoms with E-state index in [1.165, 1.54) is 0 Å². The van der Waals surface area contributed by atoms with E-state index >= 15 is 0 Å². The van der Waals surface area contributed by atoms with Crippen LogP contribution in [0.5, 0.6) is 0 Å². The van der Waals surface area contributed by atoms with E-state index < -0.39 is 30.0 Å². The summed E-state index contributed by atoms with van der Waals surface area (Å²) in [6.07, 6.45) is 16.0. The first-order valence-corrected chi connectivity index (χ1v) is 21.3. The number of pyridine rings is 2. The van der Waals surface area contributed by atoms with E-state index in [2.05, 4.69) is 50.0 Å². The molecule has 0 bridgehead atoms. The first kappa shape index (κ1) is 43.0. The Morgan fingerprint density at radius 2 is 1.59 bits per heavy atom.